The van der Waals surface area contributed by atoms with Gasteiger partial charge < -0.3 is 10.1 Å². The quantitative estimate of drug-likeness (QED) is 0.695. The van der Waals surface area contributed by atoms with Crippen molar-refractivity contribution in [1.29, 1.82) is 0 Å². The van der Waals surface area contributed by atoms with Crippen LogP contribution < -0.4 is 5.32 Å². The van der Waals surface area contributed by atoms with Gasteiger partial charge in [-0.25, -0.2) is 14.8 Å². The highest BCUT2D eigenvalue weighted by atomic mass is 16.5. The molecule has 2 N–H and O–H groups in total. The van der Waals surface area contributed by atoms with Crippen LogP contribution in [0.3, 0.4) is 0 Å². The fourth-order valence-electron chi connectivity index (χ4n) is 3.02. The molecule has 128 valence electrons. The number of carbonyl (C=O) groups excluding carboxylic acids is 1. The molecule has 0 unspecified atom stereocenters. The maximum Gasteiger partial charge on any atom is 0.359 e. The Morgan fingerprint density at radius 1 is 1.44 bits per heavy atom. The topological polar surface area (TPSA) is 111 Å². The van der Waals surface area contributed by atoms with E-state index in [2.05, 4.69) is 30.6 Å². The molecule has 4 rings (SSSR count). The summed E-state index contributed by atoms with van der Waals surface area (Å²) in [6.45, 7) is 2.10. The van der Waals surface area contributed by atoms with E-state index in [0.29, 0.717) is 30.5 Å². The molecule has 9 heteroatoms. The van der Waals surface area contributed by atoms with Crippen LogP contribution in [-0.4, -0.2) is 42.5 Å². The molecular weight excluding hydrogens is 322 g/mol. The Hall–Kier alpha value is -3.23. The lowest BCUT2D eigenvalue weighted by molar-refractivity contribution is 0.0517. The zero-order valence-electron chi connectivity index (χ0n) is 13.9. The number of carbonyl (C=O) groups is 1. The van der Waals surface area contributed by atoms with Crippen LogP contribution in [0, 0.1) is 0 Å². The molecule has 0 spiro atoms. The fraction of sp³-hybridized carbons (Fsp3) is 0.312. The third-order valence-corrected chi connectivity index (χ3v) is 4.09. The number of rotatable bonds is 4. The molecule has 0 amide bonds. The highest BCUT2D eigenvalue weighted by Crippen LogP contribution is 2.34. The minimum atomic E-state index is -0.396. The first kappa shape index (κ1) is 15.3. The Labute approximate surface area is 143 Å². The lowest BCUT2D eigenvalue weighted by Crippen LogP contribution is -2.12. The van der Waals surface area contributed by atoms with Gasteiger partial charge in [-0.3, -0.25) is 9.78 Å². The summed E-state index contributed by atoms with van der Waals surface area (Å²) in [5, 5.41) is 14.1. The van der Waals surface area contributed by atoms with Crippen LogP contribution in [0.4, 0.5) is 11.8 Å². The molecule has 0 saturated heterocycles. The van der Waals surface area contributed by atoms with E-state index in [1.807, 2.05) is 0 Å². The predicted octanol–water partition coefficient (Wildman–Crippen LogP) is 1.62. The van der Waals surface area contributed by atoms with E-state index in [0.717, 1.165) is 28.9 Å². The van der Waals surface area contributed by atoms with Crippen LogP contribution in [0.2, 0.25) is 0 Å². The van der Waals surface area contributed by atoms with Crippen LogP contribution in [0.15, 0.2) is 18.5 Å². The lowest BCUT2D eigenvalue weighted by Gasteiger charge is -2.17. The number of nitrogens with zero attached hydrogens (tertiary/aromatic N) is 5. The number of hydrogen-bond donors (Lipinski definition) is 2. The Morgan fingerprint density at radius 3 is 3.08 bits per heavy atom. The van der Waals surface area contributed by atoms with Gasteiger partial charge in [-0.05, 0) is 25.3 Å². The van der Waals surface area contributed by atoms with Gasteiger partial charge in [-0.15, -0.1) is 0 Å². The van der Waals surface area contributed by atoms with Crippen molar-refractivity contribution in [2.75, 3.05) is 11.9 Å². The molecule has 3 aromatic rings. The summed E-state index contributed by atoms with van der Waals surface area (Å²) in [7, 11) is 1.81. The lowest BCUT2D eigenvalue weighted by atomic mass is 9.93. The highest BCUT2D eigenvalue weighted by Gasteiger charge is 2.29. The van der Waals surface area contributed by atoms with Crippen LogP contribution in [0.5, 0.6) is 0 Å². The number of aromatic amines is 1. The van der Waals surface area contributed by atoms with Gasteiger partial charge >= 0.3 is 5.97 Å². The number of ether oxygens (including phenoxy) is 1. The van der Waals surface area contributed by atoms with E-state index >= 15 is 0 Å². The first-order valence-corrected chi connectivity index (χ1v) is 8.03. The van der Waals surface area contributed by atoms with Crippen molar-refractivity contribution < 1.29 is 9.53 Å². The smallest absolute Gasteiger partial charge is 0.359 e. The van der Waals surface area contributed by atoms with Crippen LogP contribution in [-0.2, 0) is 24.6 Å². The molecule has 1 aliphatic carbocycles. The Bertz CT molecular complexity index is 930. The molecule has 0 fully saturated rings. The normalized spacial score (nSPS) is 12.4. The standard InChI is InChI=1S/C16H17N7O2/c1-3-25-15(24)13-10-5-4-9-8-17-16(19-11-6-7-18-21-11)20-12(9)14(10)23(2)22-13/h6-8H,3-5H2,1-2H3,(H2,17,18,19,20,21). The van der Waals surface area contributed by atoms with Gasteiger partial charge in [0, 0.05) is 24.9 Å². The van der Waals surface area contributed by atoms with E-state index < -0.39 is 5.97 Å². The zero-order chi connectivity index (χ0) is 17.4. The molecule has 9 nitrogen and oxygen atoms in total. The Kier molecular flexibility index (Phi) is 3.68. The van der Waals surface area contributed by atoms with Crippen molar-refractivity contribution in [1.82, 2.24) is 29.9 Å². The number of hydrogen-bond acceptors (Lipinski definition) is 7. The molecule has 3 aromatic heterocycles. The van der Waals surface area contributed by atoms with E-state index in [-0.39, 0.29) is 0 Å². The third-order valence-electron chi connectivity index (χ3n) is 4.09. The first-order chi connectivity index (χ1) is 12.2. The zero-order valence-corrected chi connectivity index (χ0v) is 13.9. The number of fused-ring (bicyclic) bond motifs is 3. The maximum absolute atomic E-state index is 12.2. The number of aryl methyl sites for hydroxylation is 2. The molecule has 0 aromatic carbocycles. The second-order valence-corrected chi connectivity index (χ2v) is 5.68. The Balaban J connectivity index is 1.76. The van der Waals surface area contributed by atoms with E-state index in [1.165, 1.54) is 0 Å². The van der Waals surface area contributed by atoms with Gasteiger partial charge in [-0.2, -0.15) is 10.2 Å². The van der Waals surface area contributed by atoms with Gasteiger partial charge in [0.25, 0.3) is 0 Å². The first-order valence-electron chi connectivity index (χ1n) is 8.03. The van der Waals surface area contributed by atoms with Crippen molar-refractivity contribution in [3.05, 3.63) is 35.3 Å². The van der Waals surface area contributed by atoms with E-state index in [4.69, 9.17) is 4.74 Å². The predicted molar refractivity (Wildman–Crippen MR) is 89.5 cm³/mol. The number of anilines is 2. The number of nitrogens with one attached hydrogen (secondary N) is 2. The molecule has 25 heavy (non-hydrogen) atoms. The summed E-state index contributed by atoms with van der Waals surface area (Å²) in [4.78, 5) is 21.1. The minimum Gasteiger partial charge on any atom is -0.461 e. The second kappa shape index (κ2) is 6.00. The maximum atomic E-state index is 12.2. The largest absolute Gasteiger partial charge is 0.461 e. The highest BCUT2D eigenvalue weighted by molar-refractivity contribution is 5.91. The second-order valence-electron chi connectivity index (χ2n) is 5.68. The van der Waals surface area contributed by atoms with Gasteiger partial charge in [0.1, 0.15) is 5.82 Å². The summed E-state index contributed by atoms with van der Waals surface area (Å²) >= 11 is 0. The number of H-pyrrole nitrogens is 1. The molecule has 0 aliphatic heterocycles. The van der Waals surface area contributed by atoms with Gasteiger partial charge in [-0.1, -0.05) is 0 Å². The number of aromatic nitrogens is 6. The fourth-order valence-corrected chi connectivity index (χ4v) is 3.02. The summed E-state index contributed by atoms with van der Waals surface area (Å²) in [6.07, 6.45) is 4.92. The molecule has 0 radical (unpaired) electrons. The molecule has 0 atom stereocenters. The van der Waals surface area contributed by atoms with Crippen molar-refractivity contribution in [3.63, 3.8) is 0 Å². The van der Waals surface area contributed by atoms with Gasteiger partial charge in [0.2, 0.25) is 5.95 Å². The van der Waals surface area contributed by atoms with Crippen molar-refractivity contribution in [3.8, 4) is 11.4 Å². The van der Waals surface area contributed by atoms with Crippen molar-refractivity contribution in [2.24, 2.45) is 7.05 Å². The molecule has 0 saturated carbocycles. The van der Waals surface area contributed by atoms with Crippen molar-refractivity contribution >= 4 is 17.7 Å². The summed E-state index contributed by atoms with van der Waals surface area (Å²) < 4.78 is 6.81. The van der Waals surface area contributed by atoms with E-state index in [1.54, 1.807) is 37.1 Å². The van der Waals surface area contributed by atoms with Crippen LogP contribution in [0.1, 0.15) is 28.5 Å². The number of esters is 1. The monoisotopic (exact) mass is 339 g/mol. The molecular formula is C16H17N7O2. The van der Waals surface area contributed by atoms with Gasteiger partial charge in [0.05, 0.1) is 24.2 Å². The third kappa shape index (κ3) is 2.63. The SMILES string of the molecule is CCOC(=O)c1nn(C)c2c1CCc1cnc(Nc3ccn[nH]3)nc1-2. The summed E-state index contributed by atoms with van der Waals surface area (Å²) in [5.74, 6) is 0.760. The van der Waals surface area contributed by atoms with Crippen molar-refractivity contribution in [2.45, 2.75) is 19.8 Å². The van der Waals surface area contributed by atoms with E-state index in [9.17, 15) is 4.79 Å². The van der Waals surface area contributed by atoms with Gasteiger partial charge in [0.15, 0.2) is 5.69 Å². The average molecular weight is 339 g/mol. The minimum absolute atomic E-state index is 0.321. The molecule has 3 heterocycles. The molecule has 1 aliphatic rings. The van der Waals surface area contributed by atoms with Crippen LogP contribution in [0.25, 0.3) is 11.4 Å². The summed E-state index contributed by atoms with van der Waals surface area (Å²) in [6, 6.07) is 1.79. The van der Waals surface area contributed by atoms with Crippen LogP contribution >= 0.6 is 0 Å². The Morgan fingerprint density at radius 2 is 2.32 bits per heavy atom. The summed E-state index contributed by atoms with van der Waals surface area (Å²) in [5.41, 5.74) is 3.88. The molecule has 0 bridgehead atoms. The average Bonchev–Trinajstić information content (AvgIpc) is 3.23.